The van der Waals surface area contributed by atoms with E-state index in [0.717, 1.165) is 37.3 Å². The number of carbonyl (C=O) groups is 2. The second-order valence-electron chi connectivity index (χ2n) is 7.15. The quantitative estimate of drug-likeness (QED) is 0.588. The Kier molecular flexibility index (Phi) is 7.13. The summed E-state index contributed by atoms with van der Waals surface area (Å²) in [5.74, 6) is 1.20. The van der Waals surface area contributed by atoms with E-state index in [1.807, 2.05) is 24.3 Å². The van der Waals surface area contributed by atoms with Gasteiger partial charge in [-0.15, -0.1) is 0 Å². The van der Waals surface area contributed by atoms with Crippen LogP contribution in [0.15, 0.2) is 35.0 Å². The molecule has 1 fully saturated rings. The highest BCUT2D eigenvalue weighted by Crippen LogP contribution is 2.27. The summed E-state index contributed by atoms with van der Waals surface area (Å²) in [7, 11) is 0. The van der Waals surface area contributed by atoms with Crippen LogP contribution < -0.4 is 16.0 Å². The fourth-order valence-electron chi connectivity index (χ4n) is 3.54. The molecule has 0 aromatic carbocycles. The molecule has 3 N–H and O–H groups in total. The van der Waals surface area contributed by atoms with Gasteiger partial charge in [-0.25, -0.2) is 0 Å². The van der Waals surface area contributed by atoms with Crippen molar-refractivity contribution in [3.8, 4) is 11.5 Å². The molecule has 1 aliphatic rings. The summed E-state index contributed by atoms with van der Waals surface area (Å²) in [6.45, 7) is 4.13. The van der Waals surface area contributed by atoms with Crippen LogP contribution in [0.1, 0.15) is 25.5 Å². The summed E-state index contributed by atoms with van der Waals surface area (Å²) in [6, 6.07) is 7.60. The van der Waals surface area contributed by atoms with E-state index < -0.39 is 0 Å². The largest absolute Gasteiger partial charge is 0.355 e. The number of hydrogen-bond donors (Lipinski definition) is 3. The van der Waals surface area contributed by atoms with Gasteiger partial charge in [-0.2, -0.15) is 0 Å². The predicted octanol–water partition coefficient (Wildman–Crippen LogP) is 1.15. The molecule has 3 rings (SSSR count). The van der Waals surface area contributed by atoms with Gasteiger partial charge in [0.05, 0.1) is 5.69 Å². The zero-order valence-electron chi connectivity index (χ0n) is 16.1. The number of rotatable bonds is 8. The third-order valence-electron chi connectivity index (χ3n) is 4.98. The molecular formula is C20H27N5O3. The highest BCUT2D eigenvalue weighted by Gasteiger charge is 2.28. The summed E-state index contributed by atoms with van der Waals surface area (Å²) < 4.78 is 5.45. The average molecular weight is 385 g/mol. The van der Waals surface area contributed by atoms with E-state index in [1.165, 1.54) is 6.92 Å². The Balaban J connectivity index is 1.53. The van der Waals surface area contributed by atoms with Crippen LogP contribution in [-0.2, 0) is 16.0 Å². The number of aromatic nitrogens is 2. The Labute approximate surface area is 164 Å². The number of nitrogens with zero attached hydrogens (tertiary/aromatic N) is 2. The first-order valence-electron chi connectivity index (χ1n) is 9.70. The third kappa shape index (κ3) is 5.88. The molecule has 8 heteroatoms. The van der Waals surface area contributed by atoms with Gasteiger partial charge in [0, 0.05) is 38.7 Å². The Morgan fingerprint density at radius 1 is 1.25 bits per heavy atom. The zero-order valence-corrected chi connectivity index (χ0v) is 16.1. The van der Waals surface area contributed by atoms with E-state index in [4.69, 9.17) is 4.52 Å². The number of nitrogens with one attached hydrogen (secondary N) is 3. The minimum atomic E-state index is -0.0923. The highest BCUT2D eigenvalue weighted by molar-refractivity contribution is 5.76. The van der Waals surface area contributed by atoms with Crippen molar-refractivity contribution in [2.75, 3.05) is 26.2 Å². The molecule has 3 heterocycles. The molecule has 0 aliphatic carbocycles. The summed E-state index contributed by atoms with van der Waals surface area (Å²) in [4.78, 5) is 27.4. The second-order valence-corrected chi connectivity index (χ2v) is 7.15. The minimum absolute atomic E-state index is 0.0246. The number of pyridine rings is 1. The van der Waals surface area contributed by atoms with Gasteiger partial charge in [0.2, 0.25) is 11.8 Å². The van der Waals surface area contributed by atoms with E-state index in [-0.39, 0.29) is 17.7 Å². The Morgan fingerprint density at radius 2 is 2.11 bits per heavy atom. The first-order chi connectivity index (χ1) is 13.6. The number of hydrogen-bond acceptors (Lipinski definition) is 6. The van der Waals surface area contributed by atoms with Gasteiger partial charge in [0.15, 0.2) is 5.76 Å². The van der Waals surface area contributed by atoms with E-state index in [1.54, 1.807) is 6.20 Å². The van der Waals surface area contributed by atoms with Gasteiger partial charge in [0.1, 0.15) is 5.69 Å². The molecule has 0 saturated carbocycles. The topological polar surface area (TPSA) is 109 Å². The molecule has 1 saturated heterocycles. The van der Waals surface area contributed by atoms with Crippen molar-refractivity contribution < 1.29 is 14.1 Å². The summed E-state index contributed by atoms with van der Waals surface area (Å²) >= 11 is 0. The second kappa shape index (κ2) is 9.98. The fourth-order valence-corrected chi connectivity index (χ4v) is 3.54. The molecule has 0 bridgehead atoms. The number of carbonyl (C=O) groups excluding carboxylic acids is 2. The lowest BCUT2D eigenvalue weighted by Gasteiger charge is -2.31. The normalized spacial score (nSPS) is 19.2. The predicted molar refractivity (Wildman–Crippen MR) is 104 cm³/mol. The van der Waals surface area contributed by atoms with Crippen LogP contribution in [0.25, 0.3) is 11.5 Å². The first kappa shape index (κ1) is 20.0. The Morgan fingerprint density at radius 3 is 2.89 bits per heavy atom. The van der Waals surface area contributed by atoms with Crippen molar-refractivity contribution >= 4 is 11.8 Å². The van der Waals surface area contributed by atoms with Crippen molar-refractivity contribution in [1.82, 2.24) is 26.1 Å². The molecule has 2 atom stereocenters. The molecule has 2 aromatic rings. The van der Waals surface area contributed by atoms with Crippen LogP contribution in [0.3, 0.4) is 0 Å². The van der Waals surface area contributed by atoms with E-state index in [0.29, 0.717) is 31.2 Å². The lowest BCUT2D eigenvalue weighted by atomic mass is 9.81. The van der Waals surface area contributed by atoms with Crippen LogP contribution in [0.4, 0.5) is 0 Å². The van der Waals surface area contributed by atoms with Crippen LogP contribution in [0.5, 0.6) is 0 Å². The standard InChI is InChI=1S/C20H27N5O3/c1-14(26)22-8-9-24-20(27)11-15-5-7-21-13-16(15)10-17-12-19(28-25-17)18-4-2-3-6-23-18/h2-4,6,12,15-16,21H,5,7-11,13H2,1H3,(H,22,26)(H,24,27)/t15-,16+/m1/s1. The van der Waals surface area contributed by atoms with E-state index >= 15 is 0 Å². The fraction of sp³-hybridized carbons (Fsp3) is 0.500. The van der Waals surface area contributed by atoms with Gasteiger partial charge in [-0.1, -0.05) is 11.2 Å². The van der Waals surface area contributed by atoms with Crippen LogP contribution >= 0.6 is 0 Å². The maximum absolute atomic E-state index is 12.3. The van der Waals surface area contributed by atoms with Gasteiger partial charge in [-0.3, -0.25) is 14.6 Å². The van der Waals surface area contributed by atoms with Crippen molar-refractivity contribution in [2.24, 2.45) is 11.8 Å². The van der Waals surface area contributed by atoms with Crippen molar-refractivity contribution in [3.63, 3.8) is 0 Å². The monoisotopic (exact) mass is 385 g/mol. The van der Waals surface area contributed by atoms with Crippen LogP contribution in [-0.4, -0.2) is 48.1 Å². The van der Waals surface area contributed by atoms with Crippen LogP contribution in [0, 0.1) is 11.8 Å². The molecular weight excluding hydrogens is 358 g/mol. The van der Waals surface area contributed by atoms with E-state index in [2.05, 4.69) is 26.1 Å². The maximum atomic E-state index is 12.3. The van der Waals surface area contributed by atoms with Gasteiger partial charge in [-0.05, 0) is 49.9 Å². The molecule has 2 amide bonds. The third-order valence-corrected chi connectivity index (χ3v) is 4.98. The maximum Gasteiger partial charge on any atom is 0.220 e. The molecule has 0 radical (unpaired) electrons. The summed E-state index contributed by atoms with van der Waals surface area (Å²) in [5, 5.41) is 13.2. The Bertz CT molecular complexity index is 777. The van der Waals surface area contributed by atoms with Crippen molar-refractivity contribution in [1.29, 1.82) is 0 Å². The zero-order chi connectivity index (χ0) is 19.8. The number of piperidine rings is 1. The molecule has 28 heavy (non-hydrogen) atoms. The van der Waals surface area contributed by atoms with Gasteiger partial charge >= 0.3 is 0 Å². The Hall–Kier alpha value is -2.74. The SMILES string of the molecule is CC(=O)NCCNC(=O)C[C@H]1CCNC[C@@H]1Cc1cc(-c2ccccn2)on1. The molecule has 0 spiro atoms. The lowest BCUT2D eigenvalue weighted by molar-refractivity contribution is -0.123. The van der Waals surface area contributed by atoms with Gasteiger partial charge in [0.25, 0.3) is 0 Å². The molecule has 0 unspecified atom stereocenters. The highest BCUT2D eigenvalue weighted by atomic mass is 16.5. The lowest BCUT2D eigenvalue weighted by Crippen LogP contribution is -2.41. The molecule has 150 valence electrons. The van der Waals surface area contributed by atoms with Crippen LogP contribution in [0.2, 0.25) is 0 Å². The summed E-state index contributed by atoms with van der Waals surface area (Å²) in [5.41, 5.74) is 1.64. The van der Waals surface area contributed by atoms with E-state index in [9.17, 15) is 9.59 Å². The van der Waals surface area contributed by atoms with Crippen molar-refractivity contribution in [2.45, 2.75) is 26.2 Å². The molecule has 8 nitrogen and oxygen atoms in total. The molecule has 1 aliphatic heterocycles. The average Bonchev–Trinajstić information content (AvgIpc) is 3.16. The smallest absolute Gasteiger partial charge is 0.220 e. The minimum Gasteiger partial charge on any atom is -0.355 e. The first-order valence-corrected chi connectivity index (χ1v) is 9.70. The summed E-state index contributed by atoms with van der Waals surface area (Å²) in [6.07, 6.45) is 3.92. The molecule has 2 aromatic heterocycles. The number of amides is 2. The van der Waals surface area contributed by atoms with Crippen molar-refractivity contribution in [3.05, 3.63) is 36.2 Å². The van der Waals surface area contributed by atoms with Gasteiger partial charge < -0.3 is 20.5 Å².